The maximum absolute atomic E-state index is 9.74. The molecule has 0 radical (unpaired) electrons. The molecule has 0 fully saturated rings. The van der Waals surface area contributed by atoms with E-state index in [0.29, 0.717) is 11.3 Å². The molecule has 0 saturated carbocycles. The van der Waals surface area contributed by atoms with Gasteiger partial charge in [0, 0.05) is 11.1 Å². The summed E-state index contributed by atoms with van der Waals surface area (Å²) < 4.78 is 0. The number of hydrogen-bond donors (Lipinski definition) is 2. The summed E-state index contributed by atoms with van der Waals surface area (Å²) in [5, 5.41) is 13.5. The first kappa shape index (κ1) is 10.2. The van der Waals surface area contributed by atoms with Crippen LogP contribution >= 0.6 is 0 Å². The van der Waals surface area contributed by atoms with Crippen LogP contribution in [0, 0.1) is 0 Å². The third kappa shape index (κ3) is 1.88. The highest BCUT2D eigenvalue weighted by Crippen LogP contribution is 2.20. The smallest absolute Gasteiger partial charge is 0.125 e. The van der Waals surface area contributed by atoms with Crippen molar-refractivity contribution in [3.8, 4) is 5.75 Å². The fraction of sp³-hybridized carbons (Fsp3) is 0. The van der Waals surface area contributed by atoms with Crippen LogP contribution in [0.1, 0.15) is 11.1 Å². The van der Waals surface area contributed by atoms with Crippen molar-refractivity contribution in [2.24, 2.45) is 10.9 Å². The molecule has 0 atom stereocenters. The lowest BCUT2D eigenvalue weighted by atomic mass is 10.0. The molecule has 0 aromatic heterocycles. The average molecular weight is 212 g/mol. The van der Waals surface area contributed by atoms with Crippen molar-refractivity contribution in [1.82, 2.24) is 0 Å². The Morgan fingerprint density at radius 2 is 1.56 bits per heavy atom. The highest BCUT2D eigenvalue weighted by atomic mass is 16.3. The lowest BCUT2D eigenvalue weighted by Gasteiger charge is -2.07. The number of nitrogens with two attached hydrogens (primary N) is 1. The Labute approximate surface area is 93.9 Å². The van der Waals surface area contributed by atoms with Crippen LogP contribution in [-0.4, -0.2) is 10.8 Å². The standard InChI is InChI=1S/C13H12N2O/c14-15-13(10-6-2-1-3-7-10)11-8-4-5-9-12(11)16/h1-9,16H,14H2/b15-13+. The Morgan fingerprint density at radius 3 is 2.19 bits per heavy atom. The minimum Gasteiger partial charge on any atom is -0.507 e. The fourth-order valence-electron chi connectivity index (χ4n) is 1.57. The number of benzene rings is 2. The molecule has 0 amide bonds. The maximum Gasteiger partial charge on any atom is 0.125 e. The maximum atomic E-state index is 9.74. The van der Waals surface area contributed by atoms with Gasteiger partial charge in [-0.15, -0.1) is 0 Å². The van der Waals surface area contributed by atoms with Gasteiger partial charge < -0.3 is 10.9 Å². The summed E-state index contributed by atoms with van der Waals surface area (Å²) in [5.41, 5.74) is 2.10. The van der Waals surface area contributed by atoms with E-state index >= 15 is 0 Å². The molecule has 0 saturated heterocycles. The summed E-state index contributed by atoms with van der Waals surface area (Å²) in [4.78, 5) is 0. The predicted molar refractivity (Wildman–Crippen MR) is 64.4 cm³/mol. The molecule has 2 aromatic rings. The zero-order chi connectivity index (χ0) is 11.4. The molecule has 0 bridgehead atoms. The van der Waals surface area contributed by atoms with Gasteiger partial charge in [-0.3, -0.25) is 0 Å². The van der Waals surface area contributed by atoms with E-state index in [1.165, 1.54) is 0 Å². The van der Waals surface area contributed by atoms with Crippen LogP contribution in [0.2, 0.25) is 0 Å². The summed E-state index contributed by atoms with van der Waals surface area (Å²) in [6.45, 7) is 0. The minimum atomic E-state index is 0.176. The van der Waals surface area contributed by atoms with Crippen molar-refractivity contribution >= 4 is 5.71 Å². The molecule has 0 aliphatic heterocycles. The van der Waals surface area contributed by atoms with E-state index < -0.39 is 0 Å². The van der Waals surface area contributed by atoms with Gasteiger partial charge in [-0.05, 0) is 12.1 Å². The number of phenolic OH excluding ortho intramolecular Hbond substituents is 1. The molecule has 3 heteroatoms. The first-order valence-electron chi connectivity index (χ1n) is 4.94. The van der Waals surface area contributed by atoms with E-state index in [-0.39, 0.29) is 5.75 Å². The van der Waals surface area contributed by atoms with Crippen LogP contribution in [0.4, 0.5) is 0 Å². The summed E-state index contributed by atoms with van der Waals surface area (Å²) in [7, 11) is 0. The van der Waals surface area contributed by atoms with Crippen LogP contribution in [0.5, 0.6) is 5.75 Å². The van der Waals surface area contributed by atoms with Gasteiger partial charge in [-0.1, -0.05) is 42.5 Å². The molecule has 0 aliphatic rings. The van der Waals surface area contributed by atoms with Gasteiger partial charge in [0.1, 0.15) is 11.5 Å². The second-order valence-electron chi connectivity index (χ2n) is 3.36. The van der Waals surface area contributed by atoms with Crippen molar-refractivity contribution in [2.75, 3.05) is 0 Å². The molecule has 16 heavy (non-hydrogen) atoms. The van der Waals surface area contributed by atoms with Crippen LogP contribution in [0.25, 0.3) is 0 Å². The second kappa shape index (κ2) is 4.49. The van der Waals surface area contributed by atoms with Crippen molar-refractivity contribution in [3.63, 3.8) is 0 Å². The molecule has 2 aromatic carbocycles. The molecule has 80 valence electrons. The third-order valence-corrected chi connectivity index (χ3v) is 2.34. The molecule has 0 aliphatic carbocycles. The summed E-state index contributed by atoms with van der Waals surface area (Å²) >= 11 is 0. The molecule has 0 unspecified atom stereocenters. The second-order valence-corrected chi connectivity index (χ2v) is 3.36. The van der Waals surface area contributed by atoms with Crippen molar-refractivity contribution < 1.29 is 5.11 Å². The highest BCUT2D eigenvalue weighted by molar-refractivity contribution is 6.14. The van der Waals surface area contributed by atoms with E-state index in [4.69, 9.17) is 5.84 Å². The predicted octanol–water partition coefficient (Wildman–Crippen LogP) is 2.10. The SMILES string of the molecule is N/N=C(\c1ccccc1)c1ccccc1O. The molecular formula is C13H12N2O. The van der Waals surface area contributed by atoms with E-state index in [2.05, 4.69) is 5.10 Å². The van der Waals surface area contributed by atoms with Crippen LogP contribution in [0.15, 0.2) is 59.7 Å². The van der Waals surface area contributed by atoms with Gasteiger partial charge in [-0.2, -0.15) is 5.10 Å². The first-order chi connectivity index (χ1) is 7.83. The molecular weight excluding hydrogens is 200 g/mol. The zero-order valence-electron chi connectivity index (χ0n) is 8.67. The van der Waals surface area contributed by atoms with Crippen LogP contribution < -0.4 is 5.84 Å². The van der Waals surface area contributed by atoms with Crippen molar-refractivity contribution in [3.05, 3.63) is 65.7 Å². The first-order valence-corrected chi connectivity index (χ1v) is 4.94. The quantitative estimate of drug-likeness (QED) is 0.455. The lowest BCUT2D eigenvalue weighted by Crippen LogP contribution is -2.06. The van der Waals surface area contributed by atoms with E-state index in [1.807, 2.05) is 36.4 Å². The zero-order valence-corrected chi connectivity index (χ0v) is 8.67. The number of phenols is 1. The Hall–Kier alpha value is -2.29. The van der Waals surface area contributed by atoms with E-state index in [1.54, 1.807) is 18.2 Å². The summed E-state index contributed by atoms with van der Waals surface area (Å²) in [5.74, 6) is 5.56. The number of hydrazone groups is 1. The van der Waals surface area contributed by atoms with Gasteiger partial charge in [0.2, 0.25) is 0 Å². The monoisotopic (exact) mass is 212 g/mol. The average Bonchev–Trinajstić information content (AvgIpc) is 2.34. The van der Waals surface area contributed by atoms with Gasteiger partial charge >= 0.3 is 0 Å². The molecule has 2 rings (SSSR count). The van der Waals surface area contributed by atoms with Gasteiger partial charge in [0.05, 0.1) is 0 Å². The third-order valence-electron chi connectivity index (χ3n) is 2.34. The van der Waals surface area contributed by atoms with Gasteiger partial charge in [0.15, 0.2) is 0 Å². The topological polar surface area (TPSA) is 58.6 Å². The Kier molecular flexibility index (Phi) is 2.87. The van der Waals surface area contributed by atoms with Crippen LogP contribution in [0.3, 0.4) is 0 Å². The van der Waals surface area contributed by atoms with Gasteiger partial charge in [-0.25, -0.2) is 0 Å². The molecule has 3 N–H and O–H groups in total. The number of rotatable bonds is 2. The summed E-state index contributed by atoms with van der Waals surface area (Å²) in [6, 6.07) is 16.5. The van der Waals surface area contributed by atoms with Crippen molar-refractivity contribution in [2.45, 2.75) is 0 Å². The number of hydrogen-bond acceptors (Lipinski definition) is 3. The Bertz CT molecular complexity index is 506. The summed E-state index contributed by atoms with van der Waals surface area (Å²) in [6.07, 6.45) is 0. The fourth-order valence-corrected chi connectivity index (χ4v) is 1.57. The number of nitrogens with zero attached hydrogens (tertiary/aromatic N) is 1. The van der Waals surface area contributed by atoms with E-state index in [0.717, 1.165) is 5.56 Å². The Morgan fingerprint density at radius 1 is 0.938 bits per heavy atom. The Balaban J connectivity index is 2.51. The number of aromatic hydroxyl groups is 1. The normalized spacial score (nSPS) is 11.4. The van der Waals surface area contributed by atoms with Crippen molar-refractivity contribution in [1.29, 1.82) is 0 Å². The molecule has 0 heterocycles. The molecule has 0 spiro atoms. The lowest BCUT2D eigenvalue weighted by molar-refractivity contribution is 0.474. The van der Waals surface area contributed by atoms with Gasteiger partial charge in [0.25, 0.3) is 0 Å². The molecule has 3 nitrogen and oxygen atoms in total. The van der Waals surface area contributed by atoms with Crippen LogP contribution in [-0.2, 0) is 0 Å². The number of para-hydroxylation sites is 1. The minimum absolute atomic E-state index is 0.176. The van der Waals surface area contributed by atoms with E-state index in [9.17, 15) is 5.11 Å². The largest absolute Gasteiger partial charge is 0.507 e. The highest BCUT2D eigenvalue weighted by Gasteiger charge is 2.09.